The molecule has 37 heavy (non-hydrogen) atoms. The van der Waals surface area contributed by atoms with Crippen LogP contribution in [0, 0.1) is 13.8 Å². The minimum absolute atomic E-state index is 0.143. The summed E-state index contributed by atoms with van der Waals surface area (Å²) < 4.78 is 1.91. The van der Waals surface area contributed by atoms with Crippen LogP contribution in [-0.2, 0) is 6.54 Å². The molecule has 2 aromatic carbocycles. The van der Waals surface area contributed by atoms with Gasteiger partial charge in [-0.15, -0.1) is 0 Å². The van der Waals surface area contributed by atoms with Crippen molar-refractivity contribution in [2.75, 3.05) is 19.6 Å². The van der Waals surface area contributed by atoms with E-state index in [0.29, 0.717) is 31.7 Å². The summed E-state index contributed by atoms with van der Waals surface area (Å²) >= 11 is 0. The summed E-state index contributed by atoms with van der Waals surface area (Å²) in [5, 5.41) is 11.0. The average molecular weight is 498 g/mol. The van der Waals surface area contributed by atoms with Crippen LogP contribution in [0.4, 0.5) is 0 Å². The van der Waals surface area contributed by atoms with E-state index in [1.54, 1.807) is 0 Å². The van der Waals surface area contributed by atoms with Gasteiger partial charge in [0.25, 0.3) is 5.56 Å². The zero-order valence-electron chi connectivity index (χ0n) is 21.1. The lowest BCUT2D eigenvalue weighted by molar-refractivity contribution is 0.116. The van der Waals surface area contributed by atoms with Crippen molar-refractivity contribution in [2.45, 2.75) is 39.3 Å². The van der Waals surface area contributed by atoms with E-state index in [0.717, 1.165) is 35.0 Å². The number of fused-ring (bicyclic) bond motifs is 2. The number of aromatic amines is 1. The number of aliphatic hydroxyl groups is 1. The van der Waals surface area contributed by atoms with Crippen molar-refractivity contribution < 1.29 is 5.11 Å². The summed E-state index contributed by atoms with van der Waals surface area (Å²) in [6, 6.07) is 13.6. The van der Waals surface area contributed by atoms with Crippen LogP contribution in [0.15, 0.2) is 75.9 Å². The SMILES string of the molecule is Cc1cc2nc3c(=O)[nH]c(=O)nc-3n(CCN(CC3=CCCC=C3)CC(O)c3ccccc3)c2cc1C. The first-order valence-electron chi connectivity index (χ1n) is 12.6. The maximum atomic E-state index is 12.6. The topological polar surface area (TPSA) is 104 Å². The van der Waals surface area contributed by atoms with E-state index < -0.39 is 17.4 Å². The van der Waals surface area contributed by atoms with Gasteiger partial charge in [0.2, 0.25) is 0 Å². The lowest BCUT2D eigenvalue weighted by atomic mass is 10.1. The summed E-state index contributed by atoms with van der Waals surface area (Å²) in [6.07, 6.45) is 7.96. The molecule has 0 amide bonds. The highest BCUT2D eigenvalue weighted by Crippen LogP contribution is 2.24. The lowest BCUT2D eigenvalue weighted by Gasteiger charge is -2.28. The standard InChI is InChI=1S/C29H31N5O3/c1-19-15-23-24(16-20(19)2)34(27-26(30-23)28(36)32-29(37)31-27)14-13-33(17-21-9-5-3-6-10-21)18-25(35)22-11-7-4-8-12-22/h4-5,7-12,15-16,25,35H,3,6,13-14,17-18H2,1-2H3,(H,32,36,37). The molecule has 0 spiro atoms. The van der Waals surface area contributed by atoms with Crippen LogP contribution in [0.1, 0.15) is 35.6 Å². The number of aryl methyl sites for hydroxylation is 2. The Morgan fingerprint density at radius 3 is 2.62 bits per heavy atom. The molecule has 0 aromatic heterocycles. The highest BCUT2D eigenvalue weighted by atomic mass is 16.3. The molecule has 2 N–H and O–H groups in total. The number of aliphatic hydroxyl groups excluding tert-OH is 1. The number of benzene rings is 2. The van der Waals surface area contributed by atoms with Crippen LogP contribution in [0.3, 0.4) is 0 Å². The summed E-state index contributed by atoms with van der Waals surface area (Å²) in [5.74, 6) is 0.268. The molecule has 8 heteroatoms. The van der Waals surface area contributed by atoms with Crippen molar-refractivity contribution in [3.63, 3.8) is 0 Å². The lowest BCUT2D eigenvalue weighted by Crippen LogP contribution is -2.35. The molecule has 0 radical (unpaired) electrons. The number of nitrogens with one attached hydrogen (secondary N) is 1. The van der Waals surface area contributed by atoms with Gasteiger partial charge in [-0.1, -0.05) is 48.6 Å². The molecule has 1 unspecified atom stereocenters. The second kappa shape index (κ2) is 10.6. The number of allylic oxidation sites excluding steroid dienone is 2. The molecule has 190 valence electrons. The Balaban J connectivity index is 1.52. The van der Waals surface area contributed by atoms with Crippen molar-refractivity contribution in [3.8, 4) is 11.5 Å². The zero-order chi connectivity index (χ0) is 25.9. The predicted octanol–water partition coefficient (Wildman–Crippen LogP) is 3.51. The average Bonchev–Trinajstić information content (AvgIpc) is 2.89. The Morgan fingerprint density at radius 2 is 1.86 bits per heavy atom. The summed E-state index contributed by atoms with van der Waals surface area (Å²) in [5.41, 5.74) is 4.63. The number of H-pyrrole nitrogens is 1. The number of hydrogen-bond acceptors (Lipinski definition) is 6. The van der Waals surface area contributed by atoms with Gasteiger partial charge in [0.1, 0.15) is 0 Å². The maximum Gasteiger partial charge on any atom is 0.349 e. The normalized spacial score (nSPS) is 14.4. The Kier molecular flexibility index (Phi) is 7.12. The molecule has 2 aliphatic heterocycles. The van der Waals surface area contributed by atoms with Crippen molar-refractivity contribution >= 4 is 11.0 Å². The van der Waals surface area contributed by atoms with Gasteiger partial charge in [-0.3, -0.25) is 14.7 Å². The fourth-order valence-corrected chi connectivity index (χ4v) is 4.82. The van der Waals surface area contributed by atoms with E-state index in [2.05, 4.69) is 38.1 Å². The first kappa shape index (κ1) is 24.8. The molecule has 2 aromatic rings. The number of nitrogens with zero attached hydrogens (tertiary/aromatic N) is 4. The minimum Gasteiger partial charge on any atom is -0.387 e. The molecular weight excluding hydrogens is 466 g/mol. The Bertz CT molecular complexity index is 1570. The first-order chi connectivity index (χ1) is 17.9. The van der Waals surface area contributed by atoms with Crippen LogP contribution >= 0.6 is 0 Å². The molecule has 2 heterocycles. The highest BCUT2D eigenvalue weighted by Gasteiger charge is 2.21. The van der Waals surface area contributed by atoms with E-state index in [1.807, 2.05) is 60.9 Å². The van der Waals surface area contributed by atoms with Gasteiger partial charge in [0, 0.05) is 26.2 Å². The van der Waals surface area contributed by atoms with Crippen molar-refractivity contribution in [1.29, 1.82) is 0 Å². The molecule has 5 rings (SSSR count). The smallest absolute Gasteiger partial charge is 0.349 e. The minimum atomic E-state index is -0.690. The molecule has 8 nitrogen and oxygen atoms in total. The predicted molar refractivity (Wildman–Crippen MR) is 145 cm³/mol. The van der Waals surface area contributed by atoms with Gasteiger partial charge in [-0.25, -0.2) is 9.78 Å². The van der Waals surface area contributed by atoms with Gasteiger partial charge >= 0.3 is 5.69 Å². The molecule has 3 aliphatic rings. The van der Waals surface area contributed by atoms with E-state index in [1.165, 1.54) is 5.57 Å². The molecule has 1 aliphatic carbocycles. The Morgan fingerprint density at radius 1 is 1.08 bits per heavy atom. The Hall–Kier alpha value is -3.88. The second-order valence-corrected chi connectivity index (χ2v) is 9.65. The van der Waals surface area contributed by atoms with Gasteiger partial charge in [0.05, 0.1) is 17.1 Å². The van der Waals surface area contributed by atoms with Crippen LogP contribution in [-0.4, -0.2) is 49.2 Å². The third kappa shape index (κ3) is 5.45. The van der Waals surface area contributed by atoms with Crippen molar-refractivity contribution in [2.24, 2.45) is 0 Å². The largest absolute Gasteiger partial charge is 0.387 e. The van der Waals surface area contributed by atoms with E-state index in [4.69, 9.17) is 0 Å². The van der Waals surface area contributed by atoms with Crippen molar-refractivity contribution in [3.05, 3.63) is 104 Å². The van der Waals surface area contributed by atoms with E-state index >= 15 is 0 Å². The molecule has 0 fully saturated rings. The number of rotatable bonds is 8. The van der Waals surface area contributed by atoms with Crippen LogP contribution in [0.25, 0.3) is 22.6 Å². The van der Waals surface area contributed by atoms with Gasteiger partial charge in [-0.05, 0) is 61.1 Å². The third-order valence-corrected chi connectivity index (χ3v) is 6.96. The molecule has 0 bridgehead atoms. The van der Waals surface area contributed by atoms with E-state index in [9.17, 15) is 14.7 Å². The molecule has 0 saturated carbocycles. The molecule has 1 atom stereocenters. The van der Waals surface area contributed by atoms with Gasteiger partial charge < -0.3 is 9.67 Å². The fraction of sp³-hybridized carbons (Fsp3) is 0.310. The van der Waals surface area contributed by atoms with Crippen LogP contribution < -0.4 is 11.2 Å². The Labute approximate surface area is 215 Å². The fourth-order valence-electron chi connectivity index (χ4n) is 4.82. The number of hydrogen-bond donors (Lipinski definition) is 2. The van der Waals surface area contributed by atoms with Crippen molar-refractivity contribution in [1.82, 2.24) is 24.4 Å². The highest BCUT2D eigenvalue weighted by molar-refractivity contribution is 5.81. The zero-order valence-corrected chi connectivity index (χ0v) is 21.1. The first-order valence-corrected chi connectivity index (χ1v) is 12.6. The quantitative estimate of drug-likeness (QED) is 0.361. The molecule has 0 saturated heterocycles. The van der Waals surface area contributed by atoms with Gasteiger partial charge in [0.15, 0.2) is 11.5 Å². The summed E-state index contributed by atoms with van der Waals surface area (Å²) in [4.78, 5) is 37.9. The van der Waals surface area contributed by atoms with Crippen LogP contribution in [0.5, 0.6) is 0 Å². The summed E-state index contributed by atoms with van der Waals surface area (Å²) in [6.45, 7) is 6.19. The third-order valence-electron chi connectivity index (χ3n) is 6.96. The van der Waals surface area contributed by atoms with Gasteiger partial charge in [-0.2, -0.15) is 4.98 Å². The monoisotopic (exact) mass is 497 g/mol. The molecular formula is C29H31N5O3. The van der Waals surface area contributed by atoms with E-state index in [-0.39, 0.29) is 11.5 Å². The number of aromatic nitrogens is 4. The van der Waals surface area contributed by atoms with Crippen LogP contribution in [0.2, 0.25) is 0 Å². The summed E-state index contributed by atoms with van der Waals surface area (Å²) in [7, 11) is 0. The maximum absolute atomic E-state index is 12.6. The second-order valence-electron chi connectivity index (χ2n) is 9.65.